The van der Waals surface area contributed by atoms with Crippen molar-refractivity contribution in [2.24, 2.45) is 0 Å². The number of aliphatic hydroxyl groups excluding tert-OH is 2. The highest BCUT2D eigenvalue weighted by molar-refractivity contribution is 5.25. The summed E-state index contributed by atoms with van der Waals surface area (Å²) in [6, 6.07) is 8.73. The molecule has 1 aromatic rings. The highest BCUT2D eigenvalue weighted by atomic mass is 16.3. The molecule has 0 aromatic heterocycles. The minimum absolute atomic E-state index is 0.0271. The number of aliphatic hydroxyl groups is 2. The first-order valence-corrected chi connectivity index (χ1v) is 7.13. The fraction of sp³-hybridized carbons (Fsp3) is 0.625. The molecule has 0 fully saturated rings. The number of rotatable bonds is 8. The summed E-state index contributed by atoms with van der Waals surface area (Å²) in [5, 5.41) is 18.3. The van der Waals surface area contributed by atoms with Gasteiger partial charge in [0.2, 0.25) is 0 Å². The molecule has 1 aromatic carbocycles. The van der Waals surface area contributed by atoms with Crippen molar-refractivity contribution in [1.82, 2.24) is 4.90 Å². The smallest absolute Gasteiger partial charge is 0.0587 e. The van der Waals surface area contributed by atoms with Gasteiger partial charge in [0.25, 0.3) is 0 Å². The lowest BCUT2D eigenvalue weighted by molar-refractivity contribution is 0.115. The summed E-state index contributed by atoms with van der Waals surface area (Å²) < 4.78 is 0. The molecular weight excluding hydrogens is 238 g/mol. The van der Waals surface area contributed by atoms with Crippen molar-refractivity contribution in [3.63, 3.8) is 0 Å². The largest absolute Gasteiger partial charge is 0.396 e. The van der Waals surface area contributed by atoms with Gasteiger partial charge >= 0.3 is 0 Å². The van der Waals surface area contributed by atoms with Gasteiger partial charge in [-0.3, -0.25) is 4.90 Å². The summed E-state index contributed by atoms with van der Waals surface area (Å²) in [6.45, 7) is 5.44. The van der Waals surface area contributed by atoms with E-state index in [0.29, 0.717) is 12.3 Å². The van der Waals surface area contributed by atoms with E-state index in [0.717, 1.165) is 13.0 Å². The molecule has 0 heterocycles. The van der Waals surface area contributed by atoms with Crippen LogP contribution in [0.25, 0.3) is 0 Å². The van der Waals surface area contributed by atoms with Crippen LogP contribution in [0.4, 0.5) is 0 Å². The summed E-state index contributed by atoms with van der Waals surface area (Å²) >= 11 is 0. The highest BCUT2D eigenvalue weighted by Gasteiger charge is 2.13. The lowest BCUT2D eigenvalue weighted by Crippen LogP contribution is -2.35. The first-order chi connectivity index (χ1) is 9.12. The van der Waals surface area contributed by atoms with Gasteiger partial charge in [0.1, 0.15) is 0 Å². The average molecular weight is 265 g/mol. The zero-order valence-electron chi connectivity index (χ0n) is 12.3. The van der Waals surface area contributed by atoms with E-state index in [9.17, 15) is 5.11 Å². The van der Waals surface area contributed by atoms with Gasteiger partial charge in [-0.05, 0) is 36.9 Å². The van der Waals surface area contributed by atoms with E-state index in [1.54, 1.807) is 0 Å². The fourth-order valence-corrected chi connectivity index (χ4v) is 2.20. The summed E-state index contributed by atoms with van der Waals surface area (Å²) in [5.74, 6) is 0.603. The van der Waals surface area contributed by atoms with Gasteiger partial charge in [0, 0.05) is 19.2 Å². The van der Waals surface area contributed by atoms with Crippen LogP contribution in [-0.4, -0.2) is 41.4 Å². The third-order valence-corrected chi connectivity index (χ3v) is 3.89. The number of hydrogen-bond donors (Lipinski definition) is 2. The Morgan fingerprint density at radius 2 is 1.79 bits per heavy atom. The lowest BCUT2D eigenvalue weighted by Gasteiger charge is -2.26. The quantitative estimate of drug-likeness (QED) is 0.758. The molecule has 1 rings (SSSR count). The van der Waals surface area contributed by atoms with Gasteiger partial charge in [-0.1, -0.05) is 38.1 Å². The van der Waals surface area contributed by atoms with Gasteiger partial charge < -0.3 is 10.2 Å². The van der Waals surface area contributed by atoms with Gasteiger partial charge in [0.05, 0.1) is 6.61 Å². The molecule has 0 saturated carbocycles. The molecular formula is C16H27NO2. The van der Waals surface area contributed by atoms with Crippen LogP contribution in [-0.2, 0) is 6.54 Å². The average Bonchev–Trinajstić information content (AvgIpc) is 2.44. The molecule has 19 heavy (non-hydrogen) atoms. The van der Waals surface area contributed by atoms with Crippen LogP contribution in [0.1, 0.15) is 43.7 Å². The van der Waals surface area contributed by atoms with Gasteiger partial charge in [-0.15, -0.1) is 0 Å². The molecule has 0 radical (unpaired) electrons. The van der Waals surface area contributed by atoms with E-state index in [1.807, 2.05) is 7.05 Å². The molecule has 3 nitrogen and oxygen atoms in total. The SMILES string of the molecule is CCC(C)c1ccc(CN(C)C(CO)CCO)cc1. The third-order valence-electron chi connectivity index (χ3n) is 3.89. The summed E-state index contributed by atoms with van der Waals surface area (Å²) in [5.41, 5.74) is 2.62. The van der Waals surface area contributed by atoms with Crippen LogP contribution in [0.3, 0.4) is 0 Å². The van der Waals surface area contributed by atoms with Crippen LogP contribution >= 0.6 is 0 Å². The summed E-state index contributed by atoms with van der Waals surface area (Å²) in [7, 11) is 1.99. The molecule has 0 aliphatic carbocycles. The minimum atomic E-state index is 0.0271. The number of benzene rings is 1. The van der Waals surface area contributed by atoms with Gasteiger partial charge in [-0.25, -0.2) is 0 Å². The van der Waals surface area contributed by atoms with E-state index < -0.39 is 0 Å². The molecule has 2 unspecified atom stereocenters. The molecule has 0 saturated heterocycles. The van der Waals surface area contributed by atoms with Crippen LogP contribution < -0.4 is 0 Å². The van der Waals surface area contributed by atoms with Gasteiger partial charge in [-0.2, -0.15) is 0 Å². The molecule has 0 bridgehead atoms. The van der Waals surface area contributed by atoms with Crippen LogP contribution in [0.2, 0.25) is 0 Å². The van der Waals surface area contributed by atoms with Crippen molar-refractivity contribution < 1.29 is 10.2 Å². The summed E-state index contributed by atoms with van der Waals surface area (Å²) in [6.07, 6.45) is 1.76. The maximum atomic E-state index is 9.30. The second-order valence-electron chi connectivity index (χ2n) is 5.31. The monoisotopic (exact) mass is 265 g/mol. The highest BCUT2D eigenvalue weighted by Crippen LogP contribution is 2.19. The molecule has 0 aliphatic heterocycles. The molecule has 2 atom stereocenters. The first-order valence-electron chi connectivity index (χ1n) is 7.13. The molecule has 0 amide bonds. The minimum Gasteiger partial charge on any atom is -0.396 e. The zero-order chi connectivity index (χ0) is 14.3. The Morgan fingerprint density at radius 1 is 1.16 bits per heavy atom. The Bertz CT molecular complexity index is 350. The van der Waals surface area contributed by atoms with Crippen molar-refractivity contribution in [3.05, 3.63) is 35.4 Å². The second-order valence-corrected chi connectivity index (χ2v) is 5.31. The maximum Gasteiger partial charge on any atom is 0.0587 e. The lowest BCUT2D eigenvalue weighted by atomic mass is 9.97. The van der Waals surface area contributed by atoms with Crippen molar-refractivity contribution in [2.45, 2.75) is 45.2 Å². The molecule has 2 N–H and O–H groups in total. The Morgan fingerprint density at radius 3 is 2.26 bits per heavy atom. The first kappa shape index (κ1) is 16.2. The van der Waals surface area contributed by atoms with Gasteiger partial charge in [0.15, 0.2) is 0 Å². The third kappa shape index (κ3) is 4.94. The molecule has 0 spiro atoms. The van der Waals surface area contributed by atoms with Crippen LogP contribution in [0, 0.1) is 0 Å². The zero-order valence-corrected chi connectivity index (χ0v) is 12.3. The predicted molar refractivity (Wildman–Crippen MR) is 79.2 cm³/mol. The standard InChI is InChI=1S/C16H27NO2/c1-4-13(2)15-7-5-14(6-8-15)11-17(3)16(12-19)9-10-18/h5-8,13,16,18-19H,4,9-12H2,1-3H3. The molecule has 108 valence electrons. The Kier molecular flexibility index (Phi) is 7.06. The summed E-state index contributed by atoms with van der Waals surface area (Å²) in [4.78, 5) is 2.09. The van der Waals surface area contributed by atoms with E-state index >= 15 is 0 Å². The Labute approximate surface area is 116 Å². The van der Waals surface area contributed by atoms with Crippen molar-refractivity contribution >= 4 is 0 Å². The van der Waals surface area contributed by atoms with E-state index in [2.05, 4.69) is 43.0 Å². The second kappa shape index (κ2) is 8.31. The predicted octanol–water partition coefficient (Wildman–Crippen LogP) is 2.38. The molecule has 3 heteroatoms. The maximum absolute atomic E-state index is 9.30. The van der Waals surface area contributed by atoms with Crippen LogP contribution in [0.5, 0.6) is 0 Å². The Hall–Kier alpha value is -0.900. The Balaban J connectivity index is 2.61. The fourth-order valence-electron chi connectivity index (χ4n) is 2.20. The van der Waals surface area contributed by atoms with Crippen molar-refractivity contribution in [3.8, 4) is 0 Å². The number of likely N-dealkylation sites (N-methyl/N-ethyl adjacent to an activating group) is 1. The normalized spacial score (nSPS) is 14.6. The van der Waals surface area contributed by atoms with E-state index in [-0.39, 0.29) is 19.3 Å². The molecule has 0 aliphatic rings. The number of nitrogens with zero attached hydrogens (tertiary/aromatic N) is 1. The number of hydrogen-bond acceptors (Lipinski definition) is 3. The van der Waals surface area contributed by atoms with E-state index in [4.69, 9.17) is 5.11 Å². The van der Waals surface area contributed by atoms with Crippen LogP contribution in [0.15, 0.2) is 24.3 Å². The van der Waals surface area contributed by atoms with Crippen molar-refractivity contribution in [1.29, 1.82) is 0 Å². The topological polar surface area (TPSA) is 43.7 Å². The van der Waals surface area contributed by atoms with E-state index in [1.165, 1.54) is 11.1 Å². The van der Waals surface area contributed by atoms with Crippen molar-refractivity contribution in [2.75, 3.05) is 20.3 Å².